The maximum absolute atomic E-state index is 8.88. The smallest absolute Gasteiger partial charge is 0.140 e. The highest BCUT2D eigenvalue weighted by Gasteiger charge is 2.17. The summed E-state index contributed by atoms with van der Waals surface area (Å²) >= 11 is 0. The van der Waals surface area contributed by atoms with E-state index in [1.807, 2.05) is 4.68 Å². The number of aliphatic hydroxyl groups is 1. The Kier molecular flexibility index (Phi) is 4.47. The SMILES string of the molecule is CCn1ncnc1CN1CCN(CCO)CC1. The molecule has 1 N–H and O–H groups in total. The number of aryl methyl sites for hydroxylation is 1. The van der Waals surface area contributed by atoms with Crippen molar-refractivity contribution in [3.8, 4) is 0 Å². The van der Waals surface area contributed by atoms with Crippen LogP contribution >= 0.6 is 0 Å². The quantitative estimate of drug-likeness (QED) is 0.744. The second kappa shape index (κ2) is 6.09. The summed E-state index contributed by atoms with van der Waals surface area (Å²) in [7, 11) is 0. The highest BCUT2D eigenvalue weighted by atomic mass is 16.3. The molecule has 0 unspecified atom stereocenters. The van der Waals surface area contributed by atoms with Crippen molar-refractivity contribution in [3.05, 3.63) is 12.2 Å². The predicted molar refractivity (Wildman–Crippen MR) is 64.5 cm³/mol. The van der Waals surface area contributed by atoms with Crippen molar-refractivity contribution < 1.29 is 5.11 Å². The normalized spacial score (nSPS) is 18.7. The summed E-state index contributed by atoms with van der Waals surface area (Å²) < 4.78 is 1.94. The number of hydrogen-bond acceptors (Lipinski definition) is 5. The molecule has 0 bridgehead atoms. The minimum atomic E-state index is 0.254. The van der Waals surface area contributed by atoms with Gasteiger partial charge < -0.3 is 5.11 Å². The third kappa shape index (κ3) is 3.24. The van der Waals surface area contributed by atoms with Gasteiger partial charge in [-0.15, -0.1) is 0 Å². The van der Waals surface area contributed by atoms with E-state index in [-0.39, 0.29) is 6.61 Å². The molecule has 0 spiro atoms. The first-order chi connectivity index (χ1) is 8.33. The molecule has 0 aliphatic carbocycles. The Morgan fingerprint density at radius 1 is 1.24 bits per heavy atom. The third-order valence-electron chi connectivity index (χ3n) is 3.24. The largest absolute Gasteiger partial charge is 0.395 e. The molecular weight excluding hydrogens is 218 g/mol. The lowest BCUT2D eigenvalue weighted by Gasteiger charge is -2.33. The zero-order chi connectivity index (χ0) is 12.1. The molecule has 6 heteroatoms. The number of hydrogen-bond donors (Lipinski definition) is 1. The first kappa shape index (κ1) is 12.5. The van der Waals surface area contributed by atoms with Gasteiger partial charge in [-0.25, -0.2) is 9.67 Å². The van der Waals surface area contributed by atoms with Crippen LogP contribution < -0.4 is 0 Å². The summed E-state index contributed by atoms with van der Waals surface area (Å²) in [6, 6.07) is 0. The summed E-state index contributed by atoms with van der Waals surface area (Å²) in [5.74, 6) is 1.04. The molecule has 1 aliphatic rings. The molecule has 0 saturated carbocycles. The predicted octanol–water partition coefficient (Wildman–Crippen LogP) is -0.592. The Morgan fingerprint density at radius 2 is 1.94 bits per heavy atom. The molecule has 2 rings (SSSR count). The molecule has 96 valence electrons. The lowest BCUT2D eigenvalue weighted by Crippen LogP contribution is -2.46. The molecule has 17 heavy (non-hydrogen) atoms. The van der Waals surface area contributed by atoms with E-state index in [4.69, 9.17) is 5.11 Å². The van der Waals surface area contributed by atoms with Crippen molar-refractivity contribution in [2.45, 2.75) is 20.0 Å². The van der Waals surface area contributed by atoms with Crippen molar-refractivity contribution in [3.63, 3.8) is 0 Å². The highest BCUT2D eigenvalue weighted by Crippen LogP contribution is 2.06. The van der Waals surface area contributed by atoms with E-state index in [9.17, 15) is 0 Å². The number of β-amino-alcohol motifs (C(OH)–C–C–N with tert-alkyl or cyclic N) is 1. The molecule has 0 aromatic carbocycles. The van der Waals surface area contributed by atoms with Crippen LogP contribution in [0.5, 0.6) is 0 Å². The second-order valence-corrected chi connectivity index (χ2v) is 4.33. The van der Waals surface area contributed by atoms with E-state index in [0.29, 0.717) is 0 Å². The van der Waals surface area contributed by atoms with Crippen LogP contribution in [0.1, 0.15) is 12.7 Å². The summed E-state index contributed by atoms with van der Waals surface area (Å²) in [5, 5.41) is 13.1. The Bertz CT molecular complexity index is 332. The topological polar surface area (TPSA) is 57.4 Å². The van der Waals surface area contributed by atoms with Crippen LogP contribution in [0.4, 0.5) is 0 Å². The lowest BCUT2D eigenvalue weighted by molar-refractivity contribution is 0.106. The standard InChI is InChI=1S/C11H21N5O/c1-2-16-11(12-10-13-16)9-15-5-3-14(4-6-15)7-8-17/h10,17H,2-9H2,1H3. The Labute approximate surface area is 102 Å². The molecule has 1 aromatic rings. The number of rotatable bonds is 5. The first-order valence-electron chi connectivity index (χ1n) is 6.25. The van der Waals surface area contributed by atoms with Gasteiger partial charge in [0, 0.05) is 39.3 Å². The van der Waals surface area contributed by atoms with Gasteiger partial charge in [0.1, 0.15) is 12.2 Å². The zero-order valence-electron chi connectivity index (χ0n) is 10.4. The van der Waals surface area contributed by atoms with Gasteiger partial charge in [0.25, 0.3) is 0 Å². The molecule has 0 radical (unpaired) electrons. The fourth-order valence-electron chi connectivity index (χ4n) is 2.19. The van der Waals surface area contributed by atoms with Gasteiger partial charge in [-0.1, -0.05) is 0 Å². The molecule has 0 atom stereocenters. The van der Waals surface area contributed by atoms with Crippen LogP contribution in [0.25, 0.3) is 0 Å². The molecule has 1 aromatic heterocycles. The molecular formula is C11H21N5O. The van der Waals surface area contributed by atoms with Crippen molar-refractivity contribution in [2.75, 3.05) is 39.3 Å². The fourth-order valence-corrected chi connectivity index (χ4v) is 2.19. The number of nitrogens with zero attached hydrogens (tertiary/aromatic N) is 5. The van der Waals surface area contributed by atoms with Gasteiger partial charge in [-0.3, -0.25) is 9.80 Å². The Balaban J connectivity index is 1.82. The first-order valence-corrected chi connectivity index (χ1v) is 6.25. The minimum absolute atomic E-state index is 0.254. The fraction of sp³-hybridized carbons (Fsp3) is 0.818. The second-order valence-electron chi connectivity index (χ2n) is 4.33. The molecule has 1 fully saturated rings. The van der Waals surface area contributed by atoms with Crippen LogP contribution in [0.3, 0.4) is 0 Å². The van der Waals surface area contributed by atoms with Gasteiger partial charge in [0.2, 0.25) is 0 Å². The number of aliphatic hydroxyl groups excluding tert-OH is 1. The molecule has 0 amide bonds. The number of aromatic nitrogens is 3. The summed E-state index contributed by atoms with van der Waals surface area (Å²) in [4.78, 5) is 8.98. The van der Waals surface area contributed by atoms with Crippen molar-refractivity contribution in [2.24, 2.45) is 0 Å². The summed E-state index contributed by atoms with van der Waals surface area (Å²) in [6.07, 6.45) is 1.63. The van der Waals surface area contributed by atoms with Gasteiger partial charge in [0.05, 0.1) is 13.2 Å². The van der Waals surface area contributed by atoms with Crippen LogP contribution in [0.2, 0.25) is 0 Å². The van der Waals surface area contributed by atoms with Crippen LogP contribution in [-0.2, 0) is 13.1 Å². The molecule has 6 nitrogen and oxygen atoms in total. The Hall–Kier alpha value is -0.980. The van der Waals surface area contributed by atoms with E-state index in [1.54, 1.807) is 6.33 Å². The average molecular weight is 239 g/mol. The lowest BCUT2D eigenvalue weighted by atomic mass is 10.3. The van der Waals surface area contributed by atoms with Crippen molar-refractivity contribution >= 4 is 0 Å². The highest BCUT2D eigenvalue weighted by molar-refractivity contribution is 4.86. The van der Waals surface area contributed by atoms with Crippen molar-refractivity contribution in [1.29, 1.82) is 0 Å². The average Bonchev–Trinajstić information content (AvgIpc) is 2.79. The molecule has 2 heterocycles. The van der Waals surface area contributed by atoms with Gasteiger partial charge in [-0.05, 0) is 6.92 Å². The Morgan fingerprint density at radius 3 is 2.59 bits per heavy atom. The maximum Gasteiger partial charge on any atom is 0.140 e. The van der Waals surface area contributed by atoms with Gasteiger partial charge in [-0.2, -0.15) is 5.10 Å². The molecule has 1 saturated heterocycles. The monoisotopic (exact) mass is 239 g/mol. The van der Waals surface area contributed by atoms with Crippen LogP contribution in [0.15, 0.2) is 6.33 Å². The number of piperazine rings is 1. The van der Waals surface area contributed by atoms with E-state index < -0.39 is 0 Å². The van der Waals surface area contributed by atoms with E-state index in [1.165, 1.54) is 0 Å². The van der Waals surface area contributed by atoms with E-state index >= 15 is 0 Å². The van der Waals surface area contributed by atoms with Crippen LogP contribution in [0, 0.1) is 0 Å². The molecule has 1 aliphatic heterocycles. The minimum Gasteiger partial charge on any atom is -0.395 e. The van der Waals surface area contributed by atoms with Crippen LogP contribution in [-0.4, -0.2) is 69.0 Å². The van der Waals surface area contributed by atoms with E-state index in [2.05, 4.69) is 26.8 Å². The van der Waals surface area contributed by atoms with Gasteiger partial charge >= 0.3 is 0 Å². The maximum atomic E-state index is 8.88. The summed E-state index contributed by atoms with van der Waals surface area (Å²) in [5.41, 5.74) is 0. The third-order valence-corrected chi connectivity index (χ3v) is 3.24. The van der Waals surface area contributed by atoms with Gasteiger partial charge in [0.15, 0.2) is 0 Å². The summed E-state index contributed by atoms with van der Waals surface area (Å²) in [6.45, 7) is 9.01. The van der Waals surface area contributed by atoms with Crippen molar-refractivity contribution in [1.82, 2.24) is 24.6 Å². The zero-order valence-corrected chi connectivity index (χ0v) is 10.4. The van der Waals surface area contributed by atoms with E-state index in [0.717, 1.165) is 51.6 Å².